The molecular weight excluding hydrogens is 490 g/mol. The molecular formula is C23H27O4PSn. The van der Waals surface area contributed by atoms with Crippen molar-refractivity contribution in [1.82, 2.24) is 0 Å². The van der Waals surface area contributed by atoms with Crippen LogP contribution in [0.2, 0.25) is 0 Å². The van der Waals surface area contributed by atoms with E-state index in [1.165, 1.54) is 30.0 Å². The summed E-state index contributed by atoms with van der Waals surface area (Å²) in [5.74, 6) is 0. The van der Waals surface area contributed by atoms with Crippen LogP contribution in [0, 0.1) is 0 Å². The second-order valence-electron chi connectivity index (χ2n) is 6.55. The summed E-state index contributed by atoms with van der Waals surface area (Å²) in [6.07, 6.45) is 0. The Hall–Kier alpha value is -1.43. The Morgan fingerprint density at radius 1 is 0.655 bits per heavy atom. The van der Waals surface area contributed by atoms with Crippen molar-refractivity contribution in [2.24, 2.45) is 0 Å². The van der Waals surface area contributed by atoms with Gasteiger partial charge in [-0.15, -0.1) is 0 Å². The van der Waals surface area contributed by atoms with E-state index in [0.717, 1.165) is 14.2 Å². The van der Waals surface area contributed by atoms with Crippen LogP contribution >= 0.6 is 7.82 Å². The second-order valence-corrected chi connectivity index (χ2v) is 15.5. The summed E-state index contributed by atoms with van der Waals surface area (Å²) in [5.41, 5.74) is 4.55. The van der Waals surface area contributed by atoms with E-state index in [0.29, 0.717) is 0 Å². The molecule has 0 unspecified atom stereocenters. The van der Waals surface area contributed by atoms with Crippen LogP contribution in [0.25, 0.3) is 0 Å². The van der Waals surface area contributed by atoms with Gasteiger partial charge in [0.05, 0.1) is 0 Å². The minimum atomic E-state index is -3.90. The predicted molar refractivity (Wildman–Crippen MR) is 118 cm³/mol. The number of phosphoric ester groups is 1. The first kappa shape index (κ1) is 23.8. The average molecular weight is 517 g/mol. The predicted octanol–water partition coefficient (Wildman–Crippen LogP) is 4.57. The Labute approximate surface area is 180 Å². The Morgan fingerprint density at radius 2 is 0.931 bits per heavy atom. The Bertz CT molecular complexity index is 753. The van der Waals surface area contributed by atoms with Crippen molar-refractivity contribution in [3.05, 3.63) is 108 Å². The third kappa shape index (κ3) is 9.74. The van der Waals surface area contributed by atoms with Crippen LogP contribution in [0.3, 0.4) is 0 Å². The zero-order chi connectivity index (χ0) is 21.0. The van der Waals surface area contributed by atoms with Crippen LogP contribution in [-0.4, -0.2) is 34.0 Å². The average Bonchev–Trinajstić information content (AvgIpc) is 2.76. The molecule has 0 aliphatic heterocycles. The van der Waals surface area contributed by atoms with Gasteiger partial charge in [-0.05, 0) is 0 Å². The molecule has 0 aliphatic rings. The fraction of sp³-hybridized carbons (Fsp3) is 0.217. The summed E-state index contributed by atoms with van der Waals surface area (Å²) < 4.78 is 21.7. The van der Waals surface area contributed by atoms with Crippen LogP contribution in [0.4, 0.5) is 0 Å². The molecule has 0 fully saturated rings. The van der Waals surface area contributed by atoms with Gasteiger partial charge in [-0.1, -0.05) is 0 Å². The first-order chi connectivity index (χ1) is 14.0. The number of phosphoric acid groups is 1. The van der Waals surface area contributed by atoms with Gasteiger partial charge in [0, 0.05) is 14.2 Å². The van der Waals surface area contributed by atoms with E-state index < -0.39 is 27.6 Å². The number of hydrogen-bond acceptors (Lipinski definition) is 4. The SMILES string of the molecule is COP(=O)([O-])OC.c1ccc([CH2][Sn+]([CH2]c2ccccc2)[CH2]c2ccccc2)cc1. The van der Waals surface area contributed by atoms with Gasteiger partial charge >= 0.3 is 141 Å². The molecule has 3 aromatic carbocycles. The third-order valence-corrected chi connectivity index (χ3v) is 13.0. The first-order valence-corrected chi connectivity index (χ1v) is 16.9. The van der Waals surface area contributed by atoms with E-state index in [1.807, 2.05) is 0 Å². The molecule has 152 valence electrons. The van der Waals surface area contributed by atoms with Gasteiger partial charge in [-0.2, -0.15) is 0 Å². The number of benzene rings is 3. The van der Waals surface area contributed by atoms with E-state index in [4.69, 9.17) is 0 Å². The maximum absolute atomic E-state index is 9.95. The van der Waals surface area contributed by atoms with Crippen molar-refractivity contribution in [3.8, 4) is 0 Å². The van der Waals surface area contributed by atoms with Gasteiger partial charge in [-0.3, -0.25) is 4.57 Å². The molecule has 0 aromatic heterocycles. The van der Waals surface area contributed by atoms with Crippen LogP contribution in [0.5, 0.6) is 0 Å². The first-order valence-electron chi connectivity index (χ1n) is 9.40. The summed E-state index contributed by atoms with van der Waals surface area (Å²) in [5, 5.41) is 0. The van der Waals surface area contributed by atoms with Gasteiger partial charge in [-0.25, -0.2) is 0 Å². The Balaban J connectivity index is 0.000000370. The third-order valence-electron chi connectivity index (χ3n) is 4.34. The molecule has 0 aliphatic carbocycles. The van der Waals surface area contributed by atoms with Gasteiger partial charge in [0.2, 0.25) is 0 Å². The molecule has 0 radical (unpaired) electrons. The molecule has 0 heterocycles. The monoisotopic (exact) mass is 518 g/mol. The molecule has 0 amide bonds. The zero-order valence-electron chi connectivity index (χ0n) is 16.9. The van der Waals surface area contributed by atoms with Crippen LogP contribution < -0.4 is 4.89 Å². The second kappa shape index (κ2) is 13.0. The van der Waals surface area contributed by atoms with Crippen molar-refractivity contribution >= 4 is 27.6 Å². The summed E-state index contributed by atoms with van der Waals surface area (Å²) >= 11 is -1.56. The fourth-order valence-corrected chi connectivity index (χ4v) is 11.1. The van der Waals surface area contributed by atoms with E-state index in [2.05, 4.69) is 100 Å². The van der Waals surface area contributed by atoms with Crippen molar-refractivity contribution < 1.29 is 18.5 Å². The number of rotatable bonds is 8. The van der Waals surface area contributed by atoms with Crippen molar-refractivity contribution in [2.75, 3.05) is 14.2 Å². The molecule has 0 atom stereocenters. The Kier molecular flexibility index (Phi) is 10.7. The van der Waals surface area contributed by atoms with Crippen molar-refractivity contribution in [2.45, 2.75) is 13.3 Å². The molecule has 0 spiro atoms. The van der Waals surface area contributed by atoms with Gasteiger partial charge in [0.15, 0.2) is 0 Å². The summed E-state index contributed by atoms with van der Waals surface area (Å²) in [7, 11) is -1.83. The van der Waals surface area contributed by atoms with Crippen LogP contribution in [0.1, 0.15) is 16.7 Å². The maximum atomic E-state index is 9.95. The normalized spacial score (nSPS) is 10.7. The van der Waals surface area contributed by atoms with E-state index in [1.54, 1.807) is 0 Å². The molecule has 0 N–H and O–H groups in total. The van der Waals surface area contributed by atoms with Gasteiger partial charge < -0.3 is 13.9 Å². The summed E-state index contributed by atoms with van der Waals surface area (Å²) in [6.45, 7) is 0. The van der Waals surface area contributed by atoms with Gasteiger partial charge in [0.1, 0.15) is 0 Å². The topological polar surface area (TPSA) is 58.6 Å². The molecule has 0 saturated carbocycles. The summed E-state index contributed by atoms with van der Waals surface area (Å²) in [6, 6.07) is 33.1. The van der Waals surface area contributed by atoms with E-state index in [-0.39, 0.29) is 0 Å². The van der Waals surface area contributed by atoms with Crippen LogP contribution in [0.15, 0.2) is 91.0 Å². The summed E-state index contributed by atoms with van der Waals surface area (Å²) in [4.78, 5) is 9.95. The zero-order valence-corrected chi connectivity index (χ0v) is 20.6. The molecule has 4 nitrogen and oxygen atoms in total. The molecule has 0 bridgehead atoms. The molecule has 29 heavy (non-hydrogen) atoms. The quantitative estimate of drug-likeness (QED) is 0.325. The van der Waals surface area contributed by atoms with Crippen molar-refractivity contribution in [3.63, 3.8) is 0 Å². The molecule has 0 saturated heterocycles. The van der Waals surface area contributed by atoms with Crippen molar-refractivity contribution in [1.29, 1.82) is 0 Å². The standard InChI is InChI=1S/3C7H7.C2H7O4P.Sn/c3*1-7-5-3-2-4-6-7;1-5-7(3,4)6-2;/h3*2-6H,1H2;1-2H3,(H,3,4);/q;;;;+1/p-1. The van der Waals surface area contributed by atoms with Gasteiger partial charge in [0.25, 0.3) is 7.82 Å². The number of hydrogen-bond donors (Lipinski definition) is 0. The molecule has 6 heteroatoms. The fourth-order valence-electron chi connectivity index (χ4n) is 2.92. The van der Waals surface area contributed by atoms with E-state index in [9.17, 15) is 9.46 Å². The molecule has 3 aromatic rings. The molecule has 3 rings (SSSR count). The van der Waals surface area contributed by atoms with Crippen LogP contribution in [-0.2, 0) is 26.9 Å². The van der Waals surface area contributed by atoms with E-state index >= 15 is 0 Å². The Morgan fingerprint density at radius 3 is 1.14 bits per heavy atom. The minimum absolute atomic E-state index is 1.04.